The lowest BCUT2D eigenvalue weighted by atomic mass is 10.2. The fraction of sp³-hybridized carbons (Fsp3) is 0.176. The number of hydrogen-bond donors (Lipinski definition) is 0. The average molecular weight is 378 g/mol. The van der Waals surface area contributed by atoms with E-state index in [9.17, 15) is 13.6 Å². The first kappa shape index (κ1) is 16.2. The van der Waals surface area contributed by atoms with Gasteiger partial charge in [0.25, 0.3) is 0 Å². The van der Waals surface area contributed by atoms with Gasteiger partial charge in [-0.15, -0.1) is 11.3 Å². The second-order valence-corrected chi connectivity index (χ2v) is 7.53. The molecule has 0 bridgehead atoms. The van der Waals surface area contributed by atoms with Gasteiger partial charge < -0.3 is 9.64 Å². The summed E-state index contributed by atoms with van der Waals surface area (Å²) < 4.78 is 32.7. The molecule has 3 heterocycles. The van der Waals surface area contributed by atoms with Gasteiger partial charge in [0, 0.05) is 17.0 Å². The van der Waals surface area contributed by atoms with E-state index >= 15 is 0 Å². The van der Waals surface area contributed by atoms with Gasteiger partial charge in [0.05, 0.1) is 17.8 Å². The molecule has 0 atom stereocenters. The number of thiophene rings is 1. The summed E-state index contributed by atoms with van der Waals surface area (Å²) in [5.74, 6) is -1.68. The second-order valence-electron chi connectivity index (χ2n) is 5.54. The number of carbonyl (C=O) groups excluding carboxylic acids is 1. The zero-order valence-corrected chi connectivity index (χ0v) is 14.4. The summed E-state index contributed by atoms with van der Waals surface area (Å²) in [7, 11) is 0. The third kappa shape index (κ3) is 3.40. The van der Waals surface area contributed by atoms with Gasteiger partial charge in [0.15, 0.2) is 10.9 Å². The molecule has 1 fully saturated rings. The van der Waals surface area contributed by atoms with Crippen molar-refractivity contribution in [3.8, 4) is 0 Å². The van der Waals surface area contributed by atoms with Crippen LogP contribution in [0.15, 0.2) is 35.7 Å². The smallest absolute Gasteiger partial charge is 0.331 e. The minimum absolute atomic E-state index is 0.167. The molecule has 0 N–H and O–H groups in total. The summed E-state index contributed by atoms with van der Waals surface area (Å²) in [6.45, 7) is 0.977. The Labute approximate surface area is 150 Å². The van der Waals surface area contributed by atoms with Crippen molar-refractivity contribution >= 4 is 50.1 Å². The van der Waals surface area contributed by atoms with E-state index in [1.54, 1.807) is 6.08 Å². The summed E-state index contributed by atoms with van der Waals surface area (Å²) in [5.41, 5.74) is 0.167. The Balaban J connectivity index is 1.36. The van der Waals surface area contributed by atoms with Gasteiger partial charge in [-0.25, -0.2) is 18.6 Å². The van der Waals surface area contributed by atoms with Crippen LogP contribution in [0, 0.1) is 11.6 Å². The van der Waals surface area contributed by atoms with E-state index < -0.39 is 17.6 Å². The monoisotopic (exact) mass is 378 g/mol. The molecule has 1 saturated heterocycles. The number of carbonyl (C=O) groups is 1. The highest BCUT2D eigenvalue weighted by Gasteiger charge is 2.32. The van der Waals surface area contributed by atoms with E-state index in [2.05, 4.69) is 4.98 Å². The van der Waals surface area contributed by atoms with Crippen LogP contribution in [-0.4, -0.2) is 30.1 Å². The second kappa shape index (κ2) is 6.53. The van der Waals surface area contributed by atoms with Crippen LogP contribution in [-0.2, 0) is 9.53 Å². The first-order valence-electron chi connectivity index (χ1n) is 7.51. The van der Waals surface area contributed by atoms with Gasteiger partial charge in [0.2, 0.25) is 0 Å². The van der Waals surface area contributed by atoms with Crippen LogP contribution in [0.2, 0.25) is 0 Å². The number of hydrogen-bond acceptors (Lipinski definition) is 6. The summed E-state index contributed by atoms with van der Waals surface area (Å²) in [5, 5.41) is 2.53. The summed E-state index contributed by atoms with van der Waals surface area (Å²) in [6, 6.07) is 5.92. The molecule has 0 spiro atoms. The van der Waals surface area contributed by atoms with Gasteiger partial charge in [-0.1, -0.05) is 17.4 Å². The molecule has 0 aliphatic carbocycles. The fourth-order valence-corrected chi connectivity index (χ4v) is 4.13. The summed E-state index contributed by atoms with van der Waals surface area (Å²) >= 11 is 2.76. The number of aromatic nitrogens is 1. The van der Waals surface area contributed by atoms with Crippen LogP contribution in [0.5, 0.6) is 0 Å². The Hall–Kier alpha value is -2.32. The Morgan fingerprint density at radius 3 is 2.96 bits per heavy atom. The molecule has 3 aromatic rings. The van der Waals surface area contributed by atoms with Gasteiger partial charge in [-0.2, -0.15) is 0 Å². The predicted octanol–water partition coefficient (Wildman–Crippen LogP) is 4.08. The number of esters is 1. The quantitative estimate of drug-likeness (QED) is 0.507. The molecule has 0 amide bonds. The lowest BCUT2D eigenvalue weighted by molar-refractivity contribution is -0.143. The largest absolute Gasteiger partial charge is 0.455 e. The molecule has 0 radical (unpaired) electrons. The molecule has 1 aromatic carbocycles. The molecule has 25 heavy (non-hydrogen) atoms. The minimum Gasteiger partial charge on any atom is -0.455 e. The highest BCUT2D eigenvalue weighted by molar-refractivity contribution is 7.22. The molecule has 8 heteroatoms. The van der Waals surface area contributed by atoms with Crippen molar-refractivity contribution in [1.29, 1.82) is 0 Å². The molecule has 0 saturated carbocycles. The Morgan fingerprint density at radius 2 is 2.20 bits per heavy atom. The zero-order chi connectivity index (χ0) is 17.4. The number of nitrogens with zero attached hydrogens (tertiary/aromatic N) is 2. The van der Waals surface area contributed by atoms with Crippen molar-refractivity contribution in [3.63, 3.8) is 0 Å². The van der Waals surface area contributed by atoms with E-state index in [1.165, 1.54) is 34.8 Å². The molecular weight excluding hydrogens is 366 g/mol. The number of fused-ring (bicyclic) bond motifs is 1. The Bertz CT molecular complexity index is 947. The topological polar surface area (TPSA) is 42.4 Å². The van der Waals surface area contributed by atoms with E-state index in [0.717, 1.165) is 10.9 Å². The molecule has 2 aromatic heterocycles. The maximum atomic E-state index is 13.7. The Kier molecular flexibility index (Phi) is 4.22. The first-order chi connectivity index (χ1) is 12.1. The van der Waals surface area contributed by atoms with E-state index in [-0.39, 0.29) is 11.6 Å². The number of benzene rings is 1. The number of ether oxygens (including phenoxy) is 1. The van der Waals surface area contributed by atoms with Gasteiger partial charge in [0.1, 0.15) is 17.4 Å². The molecule has 1 aliphatic heterocycles. The lowest BCUT2D eigenvalue weighted by Gasteiger charge is -2.37. The molecular formula is C17H12F2N2O2S2. The normalized spacial score (nSPS) is 15.0. The van der Waals surface area contributed by atoms with Gasteiger partial charge >= 0.3 is 5.97 Å². The number of halogens is 2. The minimum atomic E-state index is -0.667. The molecule has 0 unspecified atom stereocenters. The molecule has 4 nitrogen and oxygen atoms in total. The zero-order valence-electron chi connectivity index (χ0n) is 12.8. The summed E-state index contributed by atoms with van der Waals surface area (Å²) in [4.78, 5) is 18.8. The van der Waals surface area contributed by atoms with E-state index in [4.69, 9.17) is 4.74 Å². The van der Waals surface area contributed by atoms with Crippen molar-refractivity contribution in [2.24, 2.45) is 0 Å². The average Bonchev–Trinajstić information content (AvgIpc) is 3.17. The third-order valence-corrected chi connectivity index (χ3v) is 5.63. The fourth-order valence-electron chi connectivity index (χ4n) is 2.49. The number of anilines is 1. The standard InChI is InChI=1S/C17H12F2N2O2S2/c18-10-6-13(19)16-14(7-10)25-17(20-16)21-8-11(9-21)23-15(22)4-3-12-2-1-5-24-12/h1-7,11H,8-9H2. The van der Waals surface area contributed by atoms with Crippen molar-refractivity contribution < 1.29 is 18.3 Å². The maximum absolute atomic E-state index is 13.7. The molecule has 4 rings (SSSR count). The number of rotatable bonds is 4. The van der Waals surface area contributed by atoms with E-state index in [0.29, 0.717) is 22.9 Å². The maximum Gasteiger partial charge on any atom is 0.331 e. The summed E-state index contributed by atoms with van der Waals surface area (Å²) in [6.07, 6.45) is 2.90. The van der Waals surface area contributed by atoms with Crippen LogP contribution >= 0.6 is 22.7 Å². The number of thiazole rings is 1. The highest BCUT2D eigenvalue weighted by atomic mass is 32.1. The molecule has 1 aliphatic rings. The third-order valence-electron chi connectivity index (χ3n) is 3.73. The van der Waals surface area contributed by atoms with Crippen LogP contribution < -0.4 is 4.90 Å². The Morgan fingerprint density at radius 1 is 1.36 bits per heavy atom. The van der Waals surface area contributed by atoms with Gasteiger partial charge in [-0.05, 0) is 23.6 Å². The SMILES string of the molecule is O=C(C=Cc1cccs1)OC1CN(c2nc3c(F)cc(F)cc3s2)C1. The first-order valence-corrected chi connectivity index (χ1v) is 9.21. The van der Waals surface area contributed by atoms with Crippen LogP contribution in [0.3, 0.4) is 0 Å². The van der Waals surface area contributed by atoms with Crippen molar-refractivity contribution in [1.82, 2.24) is 4.98 Å². The van der Waals surface area contributed by atoms with Gasteiger partial charge in [-0.3, -0.25) is 0 Å². The predicted molar refractivity (Wildman–Crippen MR) is 95.0 cm³/mol. The highest BCUT2D eigenvalue weighted by Crippen LogP contribution is 2.33. The lowest BCUT2D eigenvalue weighted by Crippen LogP contribution is -2.52. The van der Waals surface area contributed by atoms with Crippen LogP contribution in [0.1, 0.15) is 4.88 Å². The van der Waals surface area contributed by atoms with E-state index in [1.807, 2.05) is 22.4 Å². The van der Waals surface area contributed by atoms with Crippen molar-refractivity contribution in [2.75, 3.05) is 18.0 Å². The molecule has 128 valence electrons. The van der Waals surface area contributed by atoms with Crippen LogP contribution in [0.4, 0.5) is 13.9 Å². The van der Waals surface area contributed by atoms with Crippen molar-refractivity contribution in [3.05, 3.63) is 52.2 Å². The van der Waals surface area contributed by atoms with Crippen molar-refractivity contribution in [2.45, 2.75) is 6.10 Å². The van der Waals surface area contributed by atoms with Crippen LogP contribution in [0.25, 0.3) is 16.3 Å².